The number of carbonyl (C=O) groups is 4. The molecule has 8 heteroatoms. The topological polar surface area (TPSA) is 99.2 Å². The normalized spacial score (nSPS) is 23.5. The molecule has 0 spiro atoms. The zero-order valence-corrected chi connectivity index (χ0v) is 16.1. The van der Waals surface area contributed by atoms with Crippen LogP contribution in [0.3, 0.4) is 0 Å². The standard InChI is InChI=1S/C20H21NO7/c1-11(22)20(19(25)28-4)15(18(24)27-3)14(17(23)26-2)16-13-8-6-5-7-12(13)9-10-21(16)20/h5-8,16H,9-10H2,1-4H3/t16-,20-/m1/s1. The van der Waals surface area contributed by atoms with E-state index in [0.29, 0.717) is 6.42 Å². The molecule has 2 aliphatic rings. The first-order valence-electron chi connectivity index (χ1n) is 8.71. The summed E-state index contributed by atoms with van der Waals surface area (Å²) in [5, 5.41) is 0. The number of fused-ring (bicyclic) bond motifs is 3. The summed E-state index contributed by atoms with van der Waals surface area (Å²) in [6, 6.07) is 6.56. The largest absolute Gasteiger partial charge is 0.467 e. The maximum Gasteiger partial charge on any atom is 0.339 e. The molecule has 8 nitrogen and oxygen atoms in total. The third-order valence-electron chi connectivity index (χ3n) is 5.40. The summed E-state index contributed by atoms with van der Waals surface area (Å²) in [6.07, 6.45) is 0.529. The zero-order chi connectivity index (χ0) is 20.6. The van der Waals surface area contributed by atoms with Crippen LogP contribution in [0.1, 0.15) is 24.1 Å². The Labute approximate surface area is 162 Å². The zero-order valence-electron chi connectivity index (χ0n) is 16.1. The van der Waals surface area contributed by atoms with E-state index in [0.717, 1.165) is 25.3 Å². The molecule has 148 valence electrons. The van der Waals surface area contributed by atoms with Gasteiger partial charge in [0.1, 0.15) is 0 Å². The van der Waals surface area contributed by atoms with Gasteiger partial charge in [-0.25, -0.2) is 14.4 Å². The SMILES string of the molecule is COC(=O)C1=C(C(=O)OC)[C@](C(C)=O)(C(=O)OC)N2CCc3ccccc3[C@H]12. The van der Waals surface area contributed by atoms with Crippen molar-refractivity contribution >= 4 is 23.7 Å². The van der Waals surface area contributed by atoms with Gasteiger partial charge in [0.25, 0.3) is 0 Å². The Bertz CT molecular complexity index is 904. The number of ketones is 1. The van der Waals surface area contributed by atoms with Crippen LogP contribution >= 0.6 is 0 Å². The molecule has 2 heterocycles. The molecule has 0 radical (unpaired) electrons. The fourth-order valence-corrected chi connectivity index (χ4v) is 4.29. The Morgan fingerprint density at radius 3 is 2.21 bits per heavy atom. The van der Waals surface area contributed by atoms with Crippen LogP contribution in [0.4, 0.5) is 0 Å². The lowest BCUT2D eigenvalue weighted by atomic mass is 9.84. The van der Waals surface area contributed by atoms with Gasteiger partial charge < -0.3 is 14.2 Å². The summed E-state index contributed by atoms with van der Waals surface area (Å²) in [7, 11) is 3.43. The Kier molecular flexibility index (Phi) is 5.08. The van der Waals surface area contributed by atoms with E-state index >= 15 is 0 Å². The summed E-state index contributed by atoms with van der Waals surface area (Å²) >= 11 is 0. The molecule has 28 heavy (non-hydrogen) atoms. The Morgan fingerprint density at radius 1 is 1.00 bits per heavy atom. The van der Waals surface area contributed by atoms with Crippen LogP contribution in [0.5, 0.6) is 0 Å². The van der Waals surface area contributed by atoms with E-state index < -0.39 is 35.3 Å². The van der Waals surface area contributed by atoms with Crippen LogP contribution < -0.4 is 0 Å². The van der Waals surface area contributed by atoms with Gasteiger partial charge in [-0.2, -0.15) is 0 Å². The number of ether oxygens (including phenoxy) is 3. The van der Waals surface area contributed by atoms with E-state index in [1.54, 1.807) is 17.0 Å². The van der Waals surface area contributed by atoms with Gasteiger partial charge in [-0.1, -0.05) is 24.3 Å². The Hall–Kier alpha value is -3.00. The van der Waals surface area contributed by atoms with Crippen molar-refractivity contribution in [3.63, 3.8) is 0 Å². The number of methoxy groups -OCH3 is 3. The fourth-order valence-electron chi connectivity index (χ4n) is 4.29. The Balaban J connectivity index is 2.43. The predicted molar refractivity (Wildman–Crippen MR) is 96.1 cm³/mol. The number of Topliss-reactive ketones (excluding diaryl/α,β-unsaturated/α-hetero) is 1. The van der Waals surface area contributed by atoms with Crippen molar-refractivity contribution in [1.82, 2.24) is 4.90 Å². The van der Waals surface area contributed by atoms with Gasteiger partial charge in [0, 0.05) is 6.54 Å². The van der Waals surface area contributed by atoms with Crippen molar-refractivity contribution in [3.8, 4) is 0 Å². The maximum absolute atomic E-state index is 13.0. The minimum atomic E-state index is -2.08. The molecule has 0 aromatic heterocycles. The predicted octanol–water partition coefficient (Wildman–Crippen LogP) is 0.743. The summed E-state index contributed by atoms with van der Waals surface area (Å²) < 4.78 is 14.7. The van der Waals surface area contributed by atoms with Crippen molar-refractivity contribution in [1.29, 1.82) is 0 Å². The lowest BCUT2D eigenvalue weighted by molar-refractivity contribution is -0.160. The van der Waals surface area contributed by atoms with E-state index in [1.165, 1.54) is 14.0 Å². The van der Waals surface area contributed by atoms with Gasteiger partial charge in [-0.05, 0) is 24.5 Å². The van der Waals surface area contributed by atoms with Crippen molar-refractivity contribution in [3.05, 3.63) is 46.5 Å². The molecule has 1 aromatic carbocycles. The van der Waals surface area contributed by atoms with Gasteiger partial charge in [0.05, 0.1) is 38.5 Å². The number of benzene rings is 1. The van der Waals surface area contributed by atoms with Crippen molar-refractivity contribution in [2.24, 2.45) is 0 Å². The summed E-state index contributed by atoms with van der Waals surface area (Å²) in [6.45, 7) is 1.45. The van der Waals surface area contributed by atoms with Gasteiger partial charge in [-0.15, -0.1) is 0 Å². The van der Waals surface area contributed by atoms with Crippen LogP contribution in [0.2, 0.25) is 0 Å². The van der Waals surface area contributed by atoms with Crippen LogP contribution in [-0.2, 0) is 39.8 Å². The summed E-state index contributed by atoms with van der Waals surface area (Å²) in [5.74, 6) is -3.33. The second-order valence-electron chi connectivity index (χ2n) is 6.57. The average molecular weight is 387 g/mol. The van der Waals surface area contributed by atoms with E-state index in [-0.39, 0.29) is 17.7 Å². The van der Waals surface area contributed by atoms with Gasteiger partial charge >= 0.3 is 17.9 Å². The first-order valence-corrected chi connectivity index (χ1v) is 8.71. The average Bonchev–Trinajstić information content (AvgIpc) is 3.04. The summed E-state index contributed by atoms with van der Waals surface area (Å²) in [5.41, 5.74) is -0.824. The molecule has 3 rings (SSSR count). The number of carbonyl (C=O) groups excluding carboxylic acids is 4. The van der Waals surface area contributed by atoms with Crippen molar-refractivity contribution in [2.45, 2.75) is 24.9 Å². The first-order chi connectivity index (χ1) is 13.4. The highest BCUT2D eigenvalue weighted by molar-refractivity contribution is 6.21. The van der Waals surface area contributed by atoms with E-state index in [1.807, 2.05) is 12.1 Å². The number of hydrogen-bond donors (Lipinski definition) is 0. The maximum atomic E-state index is 13.0. The highest BCUT2D eigenvalue weighted by Gasteiger charge is 2.66. The third-order valence-corrected chi connectivity index (χ3v) is 5.40. The van der Waals surface area contributed by atoms with E-state index in [9.17, 15) is 19.2 Å². The lowest BCUT2D eigenvalue weighted by Crippen LogP contribution is -2.61. The van der Waals surface area contributed by atoms with Crippen LogP contribution in [0.15, 0.2) is 35.4 Å². The smallest absolute Gasteiger partial charge is 0.339 e. The quantitative estimate of drug-likeness (QED) is 0.424. The Morgan fingerprint density at radius 2 is 1.64 bits per heavy atom. The molecule has 2 atom stereocenters. The second-order valence-corrected chi connectivity index (χ2v) is 6.57. The third kappa shape index (κ3) is 2.48. The molecule has 0 aliphatic carbocycles. The molecule has 0 bridgehead atoms. The number of hydrogen-bond acceptors (Lipinski definition) is 8. The van der Waals surface area contributed by atoms with Crippen molar-refractivity contribution in [2.75, 3.05) is 27.9 Å². The van der Waals surface area contributed by atoms with Gasteiger partial charge in [0.2, 0.25) is 5.54 Å². The van der Waals surface area contributed by atoms with Gasteiger partial charge in [0.15, 0.2) is 5.78 Å². The molecule has 0 saturated carbocycles. The molecular formula is C20H21NO7. The molecule has 0 unspecified atom stereocenters. The first kappa shape index (κ1) is 19.8. The number of rotatable bonds is 4. The fraction of sp³-hybridized carbons (Fsp3) is 0.400. The van der Waals surface area contributed by atoms with Crippen LogP contribution in [-0.4, -0.2) is 62.0 Å². The summed E-state index contributed by atoms with van der Waals surface area (Å²) in [4.78, 5) is 52.9. The second kappa shape index (κ2) is 7.20. The van der Waals surface area contributed by atoms with Crippen LogP contribution in [0, 0.1) is 0 Å². The van der Waals surface area contributed by atoms with E-state index in [2.05, 4.69) is 0 Å². The van der Waals surface area contributed by atoms with Crippen LogP contribution in [0.25, 0.3) is 0 Å². The molecule has 2 aliphatic heterocycles. The highest BCUT2D eigenvalue weighted by atomic mass is 16.5. The number of nitrogens with zero attached hydrogens (tertiary/aromatic N) is 1. The molecule has 0 amide bonds. The lowest BCUT2D eigenvalue weighted by Gasteiger charge is -2.41. The molecule has 0 saturated heterocycles. The monoisotopic (exact) mass is 387 g/mol. The highest BCUT2D eigenvalue weighted by Crippen LogP contribution is 2.51. The van der Waals surface area contributed by atoms with E-state index in [4.69, 9.17) is 14.2 Å². The molecule has 1 aromatic rings. The molecule has 0 N–H and O–H groups in total. The molecular weight excluding hydrogens is 366 g/mol. The molecule has 0 fully saturated rings. The minimum absolute atomic E-state index is 0.0814. The minimum Gasteiger partial charge on any atom is -0.467 e. The van der Waals surface area contributed by atoms with Gasteiger partial charge in [-0.3, -0.25) is 9.69 Å². The number of esters is 3. The van der Waals surface area contributed by atoms with Crippen molar-refractivity contribution < 1.29 is 33.4 Å².